The van der Waals surface area contributed by atoms with Gasteiger partial charge in [0.1, 0.15) is 0 Å². The first-order valence-corrected chi connectivity index (χ1v) is 9.21. The van der Waals surface area contributed by atoms with Crippen LogP contribution in [0.4, 0.5) is 5.69 Å². The van der Waals surface area contributed by atoms with Crippen LogP contribution in [-0.2, 0) is 16.6 Å². The van der Waals surface area contributed by atoms with Crippen molar-refractivity contribution >= 4 is 38.6 Å². The molecule has 0 atom stereocenters. The molecule has 0 aliphatic carbocycles. The highest BCUT2D eigenvalue weighted by atomic mass is 35.5. The average Bonchev–Trinajstić information content (AvgIpc) is 2.88. The van der Waals surface area contributed by atoms with Crippen LogP contribution < -0.4 is 10.0 Å². The molecule has 0 unspecified atom stereocenters. The Hall–Kier alpha value is -1.08. The van der Waals surface area contributed by atoms with Crippen LogP contribution in [0.5, 0.6) is 0 Å². The number of rotatable bonds is 6. The van der Waals surface area contributed by atoms with E-state index in [1.807, 2.05) is 13.8 Å². The molecule has 0 radical (unpaired) electrons. The van der Waals surface area contributed by atoms with Gasteiger partial charge < -0.3 is 5.32 Å². The van der Waals surface area contributed by atoms with E-state index in [0.29, 0.717) is 23.3 Å². The lowest BCUT2D eigenvalue weighted by Gasteiger charge is -2.08. The predicted octanol–water partition coefficient (Wildman–Crippen LogP) is 3.70. The maximum atomic E-state index is 12.3. The summed E-state index contributed by atoms with van der Waals surface area (Å²) in [4.78, 5) is 1.23. The first-order chi connectivity index (χ1) is 9.88. The zero-order valence-electron chi connectivity index (χ0n) is 11.8. The van der Waals surface area contributed by atoms with Crippen LogP contribution in [-0.4, -0.2) is 14.5 Å². The van der Waals surface area contributed by atoms with Gasteiger partial charge in [-0.25, -0.2) is 8.42 Å². The van der Waals surface area contributed by atoms with Crippen molar-refractivity contribution in [1.29, 1.82) is 0 Å². The zero-order chi connectivity index (χ0) is 15.5. The minimum Gasteiger partial charge on any atom is -0.310 e. The van der Waals surface area contributed by atoms with Crippen molar-refractivity contribution in [2.75, 3.05) is 4.72 Å². The number of sulfonamides is 1. The predicted molar refractivity (Wildman–Crippen MR) is 88.6 cm³/mol. The molecule has 0 amide bonds. The summed E-state index contributed by atoms with van der Waals surface area (Å²) in [5.41, 5.74) is 0.382. The van der Waals surface area contributed by atoms with Crippen LogP contribution in [0.2, 0.25) is 5.02 Å². The van der Waals surface area contributed by atoms with E-state index in [2.05, 4.69) is 10.0 Å². The van der Waals surface area contributed by atoms with Crippen molar-refractivity contribution in [3.63, 3.8) is 0 Å². The maximum Gasteiger partial charge on any atom is 0.262 e. The van der Waals surface area contributed by atoms with E-state index in [4.69, 9.17) is 11.6 Å². The van der Waals surface area contributed by atoms with E-state index in [1.165, 1.54) is 11.3 Å². The fourth-order valence-electron chi connectivity index (χ4n) is 1.65. The van der Waals surface area contributed by atoms with Gasteiger partial charge >= 0.3 is 0 Å². The van der Waals surface area contributed by atoms with E-state index in [0.717, 1.165) is 4.88 Å². The Morgan fingerprint density at radius 3 is 2.67 bits per heavy atom. The molecule has 0 spiro atoms. The number of hydrogen-bond donors (Lipinski definition) is 2. The highest BCUT2D eigenvalue weighted by molar-refractivity contribution is 7.92. The van der Waals surface area contributed by atoms with Gasteiger partial charge in [0.05, 0.1) is 15.6 Å². The van der Waals surface area contributed by atoms with Crippen molar-refractivity contribution in [1.82, 2.24) is 5.32 Å². The van der Waals surface area contributed by atoms with Gasteiger partial charge in [-0.15, -0.1) is 11.3 Å². The lowest BCUT2D eigenvalue weighted by molar-refractivity contribution is 0.592. The van der Waals surface area contributed by atoms with E-state index in [-0.39, 0.29) is 4.90 Å². The van der Waals surface area contributed by atoms with Gasteiger partial charge in [-0.05, 0) is 18.2 Å². The van der Waals surface area contributed by atoms with E-state index >= 15 is 0 Å². The zero-order valence-corrected chi connectivity index (χ0v) is 14.1. The Morgan fingerprint density at radius 1 is 1.29 bits per heavy atom. The summed E-state index contributed by atoms with van der Waals surface area (Å²) in [6.45, 7) is 4.75. The first-order valence-electron chi connectivity index (χ1n) is 6.46. The summed E-state index contributed by atoms with van der Waals surface area (Å²) in [6.07, 6.45) is 0. The number of hydrogen-bond acceptors (Lipinski definition) is 4. The second-order valence-corrected chi connectivity index (χ2v) is 7.96. The fraction of sp³-hybridized carbons (Fsp3) is 0.286. The van der Waals surface area contributed by atoms with E-state index < -0.39 is 10.0 Å². The third-order valence-electron chi connectivity index (χ3n) is 2.74. The van der Waals surface area contributed by atoms with Crippen molar-refractivity contribution in [3.05, 3.63) is 45.6 Å². The normalized spacial score (nSPS) is 11.8. The number of anilines is 1. The topological polar surface area (TPSA) is 58.2 Å². The summed E-state index contributed by atoms with van der Waals surface area (Å²) in [5.74, 6) is 0. The molecule has 1 aromatic heterocycles. The molecule has 7 heteroatoms. The molecule has 4 nitrogen and oxygen atoms in total. The van der Waals surface area contributed by atoms with Gasteiger partial charge in [-0.2, -0.15) is 0 Å². The Labute approximate surface area is 134 Å². The van der Waals surface area contributed by atoms with Crippen molar-refractivity contribution in [2.24, 2.45) is 0 Å². The van der Waals surface area contributed by atoms with Gasteiger partial charge in [0.2, 0.25) is 0 Å². The molecular formula is C14H17ClN2O2S2. The Balaban J connectivity index is 2.15. The van der Waals surface area contributed by atoms with Crippen molar-refractivity contribution in [3.8, 4) is 0 Å². The van der Waals surface area contributed by atoms with Crippen molar-refractivity contribution < 1.29 is 8.42 Å². The summed E-state index contributed by atoms with van der Waals surface area (Å²) in [7, 11) is -3.61. The summed E-state index contributed by atoms with van der Waals surface area (Å²) in [5, 5.41) is 5.27. The molecular weight excluding hydrogens is 328 g/mol. The smallest absolute Gasteiger partial charge is 0.262 e. The first kappa shape index (κ1) is 16.3. The molecule has 0 saturated carbocycles. The SMILES string of the molecule is CC(C)NCc1cc(S(=O)(=O)Nc2ccccc2Cl)cs1. The molecule has 1 aromatic carbocycles. The number of nitrogens with one attached hydrogen (secondary N) is 2. The Kier molecular flexibility index (Phi) is 5.27. The van der Waals surface area contributed by atoms with Crippen LogP contribution in [0.1, 0.15) is 18.7 Å². The van der Waals surface area contributed by atoms with Crippen LogP contribution in [0, 0.1) is 0 Å². The minimum atomic E-state index is -3.61. The fourth-order valence-corrected chi connectivity index (χ4v) is 4.19. The highest BCUT2D eigenvalue weighted by Gasteiger charge is 2.17. The van der Waals surface area contributed by atoms with Gasteiger partial charge in [-0.1, -0.05) is 37.6 Å². The van der Waals surface area contributed by atoms with Crippen LogP contribution in [0.25, 0.3) is 0 Å². The van der Waals surface area contributed by atoms with E-state index in [1.54, 1.807) is 35.7 Å². The molecule has 0 fully saturated rings. The maximum absolute atomic E-state index is 12.3. The van der Waals surface area contributed by atoms with Gasteiger partial charge in [0.25, 0.3) is 10.0 Å². The molecule has 1 heterocycles. The van der Waals surface area contributed by atoms with Gasteiger partial charge in [0, 0.05) is 22.8 Å². The Morgan fingerprint density at radius 2 is 2.00 bits per heavy atom. The molecule has 2 rings (SSSR count). The molecule has 2 aromatic rings. The molecule has 0 aliphatic heterocycles. The average molecular weight is 345 g/mol. The molecule has 2 N–H and O–H groups in total. The standard InChI is InChI=1S/C14H17ClN2O2S2/c1-10(2)16-8-11-7-12(9-20-11)21(18,19)17-14-6-4-3-5-13(14)15/h3-7,9-10,16-17H,8H2,1-2H3. The van der Waals surface area contributed by atoms with Gasteiger partial charge in [-0.3, -0.25) is 4.72 Å². The summed E-state index contributed by atoms with van der Waals surface area (Å²) >= 11 is 7.39. The molecule has 114 valence electrons. The lowest BCUT2D eigenvalue weighted by Crippen LogP contribution is -2.21. The minimum absolute atomic E-state index is 0.257. The summed E-state index contributed by atoms with van der Waals surface area (Å²) < 4.78 is 27.2. The van der Waals surface area contributed by atoms with Gasteiger partial charge in [0.15, 0.2) is 0 Å². The monoisotopic (exact) mass is 344 g/mol. The number of benzene rings is 1. The van der Waals surface area contributed by atoms with E-state index in [9.17, 15) is 8.42 Å². The third-order valence-corrected chi connectivity index (χ3v) is 5.50. The Bertz CT molecular complexity index is 711. The van der Waals surface area contributed by atoms with Crippen molar-refractivity contribution in [2.45, 2.75) is 31.3 Å². The number of para-hydroxylation sites is 1. The summed E-state index contributed by atoms with van der Waals surface area (Å²) in [6, 6.07) is 8.79. The quantitative estimate of drug-likeness (QED) is 0.840. The number of halogens is 1. The highest BCUT2D eigenvalue weighted by Crippen LogP contribution is 2.26. The molecule has 0 bridgehead atoms. The molecule has 0 saturated heterocycles. The molecule has 21 heavy (non-hydrogen) atoms. The third kappa shape index (κ3) is 4.44. The largest absolute Gasteiger partial charge is 0.310 e. The second-order valence-electron chi connectivity index (χ2n) is 4.87. The molecule has 0 aliphatic rings. The van der Waals surface area contributed by atoms with Crippen LogP contribution >= 0.6 is 22.9 Å². The number of thiophene rings is 1. The van der Waals surface area contributed by atoms with Crippen LogP contribution in [0.15, 0.2) is 40.6 Å². The van der Waals surface area contributed by atoms with Crippen LogP contribution in [0.3, 0.4) is 0 Å². The second kappa shape index (κ2) is 6.79. The lowest BCUT2D eigenvalue weighted by atomic mass is 10.3.